The molecule has 0 aliphatic heterocycles. The van der Waals surface area contributed by atoms with Crippen LogP contribution in [0.4, 0.5) is 0 Å². The van der Waals surface area contributed by atoms with E-state index in [0.29, 0.717) is 18.4 Å². The lowest BCUT2D eigenvalue weighted by atomic mass is 10.4. The summed E-state index contributed by atoms with van der Waals surface area (Å²) in [4.78, 5) is 0. The van der Waals surface area contributed by atoms with Crippen molar-refractivity contribution in [1.29, 1.82) is 0 Å². The first-order chi connectivity index (χ1) is 9.32. The molecule has 0 fully saturated rings. The molecule has 0 aromatic heterocycles. The van der Waals surface area contributed by atoms with E-state index in [1.807, 2.05) is 45.9 Å². The van der Waals surface area contributed by atoms with Gasteiger partial charge in [0.1, 0.15) is 11.5 Å². The van der Waals surface area contributed by atoms with Crippen LogP contribution in [-0.2, 0) is 13.3 Å². The topological polar surface area (TPSA) is 106 Å². The van der Waals surface area contributed by atoms with Crippen molar-refractivity contribution in [2.75, 3.05) is 13.2 Å². The monoisotopic (exact) mass is 303 g/mol. The van der Waals surface area contributed by atoms with E-state index in [2.05, 4.69) is 0 Å². The molecule has 7 heteroatoms. The van der Waals surface area contributed by atoms with E-state index in [1.165, 1.54) is 0 Å². The zero-order valence-electron chi connectivity index (χ0n) is 13.0. The van der Waals surface area contributed by atoms with Crippen LogP contribution in [0.3, 0.4) is 0 Å². The first-order valence-corrected chi connectivity index (χ1v) is 8.88. The standard InChI is InChI=1S/C13H29N3O3Si/c1-5-9-12(7-3)19-20(10-6-2,17-8-4)18-11-13(14,15)16/h5,7,9H,6,8,10-11,14-16H2,1-4H3. The van der Waals surface area contributed by atoms with Crippen LogP contribution in [0.15, 0.2) is 24.0 Å². The summed E-state index contributed by atoms with van der Waals surface area (Å²) < 4.78 is 17.6. The third kappa shape index (κ3) is 7.78. The summed E-state index contributed by atoms with van der Waals surface area (Å²) in [6, 6.07) is 0.672. The van der Waals surface area contributed by atoms with Crippen LogP contribution in [0.5, 0.6) is 0 Å². The molecule has 0 heterocycles. The molecule has 0 saturated heterocycles. The van der Waals surface area contributed by atoms with Crippen LogP contribution < -0.4 is 17.2 Å². The molecule has 0 bridgehead atoms. The highest BCUT2D eigenvalue weighted by Gasteiger charge is 2.44. The predicted octanol–water partition coefficient (Wildman–Crippen LogP) is 1.41. The maximum Gasteiger partial charge on any atom is 0.566 e. The predicted molar refractivity (Wildman–Crippen MR) is 83.4 cm³/mol. The van der Waals surface area contributed by atoms with Crippen molar-refractivity contribution in [2.45, 2.75) is 45.9 Å². The van der Waals surface area contributed by atoms with E-state index < -0.39 is 14.6 Å². The maximum atomic E-state index is 6.01. The van der Waals surface area contributed by atoms with Crippen molar-refractivity contribution >= 4 is 8.80 Å². The van der Waals surface area contributed by atoms with Gasteiger partial charge in [0.25, 0.3) is 0 Å². The highest BCUT2D eigenvalue weighted by atomic mass is 28.4. The average molecular weight is 303 g/mol. The number of hydrogen-bond donors (Lipinski definition) is 3. The number of allylic oxidation sites excluding steroid dienone is 3. The summed E-state index contributed by atoms with van der Waals surface area (Å²) >= 11 is 0. The molecule has 0 rings (SSSR count). The van der Waals surface area contributed by atoms with Gasteiger partial charge in [0.15, 0.2) is 0 Å². The van der Waals surface area contributed by atoms with E-state index in [-0.39, 0.29) is 6.61 Å². The minimum Gasteiger partial charge on any atom is -0.501 e. The van der Waals surface area contributed by atoms with E-state index in [4.69, 9.17) is 30.5 Å². The van der Waals surface area contributed by atoms with Gasteiger partial charge in [-0.3, -0.25) is 17.2 Å². The Labute approximate surface area is 123 Å². The number of hydrogen-bond acceptors (Lipinski definition) is 6. The molecule has 0 aliphatic rings. The second-order valence-electron chi connectivity index (χ2n) is 4.56. The molecular formula is C13H29N3O3Si. The quantitative estimate of drug-likeness (QED) is 0.244. The number of nitrogens with two attached hydrogens (primary N) is 3. The normalized spacial score (nSPS) is 16.4. The van der Waals surface area contributed by atoms with Gasteiger partial charge >= 0.3 is 8.80 Å². The van der Waals surface area contributed by atoms with Crippen molar-refractivity contribution in [3.05, 3.63) is 24.0 Å². The van der Waals surface area contributed by atoms with Gasteiger partial charge in [-0.2, -0.15) is 0 Å². The fraction of sp³-hybridized carbons (Fsp3) is 0.692. The number of rotatable bonds is 10. The third-order valence-corrected chi connectivity index (χ3v) is 5.32. The summed E-state index contributed by atoms with van der Waals surface area (Å²) in [6.45, 7) is 8.22. The first-order valence-electron chi connectivity index (χ1n) is 6.95. The van der Waals surface area contributed by atoms with Gasteiger partial charge in [-0.1, -0.05) is 19.4 Å². The van der Waals surface area contributed by atoms with Gasteiger partial charge in [-0.05, 0) is 32.9 Å². The van der Waals surface area contributed by atoms with Crippen LogP contribution in [-0.4, -0.2) is 27.8 Å². The minimum absolute atomic E-state index is 0.0218. The molecule has 0 aromatic carbocycles. The Morgan fingerprint density at radius 2 is 1.80 bits per heavy atom. The molecule has 0 aliphatic carbocycles. The van der Waals surface area contributed by atoms with Crippen LogP contribution in [0.2, 0.25) is 6.04 Å². The third-order valence-electron chi connectivity index (χ3n) is 2.35. The van der Waals surface area contributed by atoms with Gasteiger partial charge in [-0.25, -0.2) is 0 Å². The molecule has 118 valence electrons. The Balaban J connectivity index is 5.08. The van der Waals surface area contributed by atoms with Crippen LogP contribution in [0.25, 0.3) is 0 Å². The van der Waals surface area contributed by atoms with Gasteiger partial charge in [0, 0.05) is 12.7 Å². The van der Waals surface area contributed by atoms with Crippen LogP contribution in [0, 0.1) is 0 Å². The summed E-state index contributed by atoms with van der Waals surface area (Å²) in [5, 5.41) is 0. The zero-order valence-corrected chi connectivity index (χ0v) is 14.0. The minimum atomic E-state index is -2.89. The summed E-state index contributed by atoms with van der Waals surface area (Å²) in [5.41, 5.74) is 16.7. The Bertz CT molecular complexity index is 321. The van der Waals surface area contributed by atoms with Gasteiger partial charge in [-0.15, -0.1) is 0 Å². The van der Waals surface area contributed by atoms with E-state index >= 15 is 0 Å². The SMILES string of the molecule is CC=CC(=CC)O[Si](CCC)(OCC)OCC(N)(N)N. The lowest BCUT2D eigenvalue weighted by molar-refractivity contribution is 0.0687. The Morgan fingerprint density at radius 1 is 1.15 bits per heavy atom. The molecule has 0 saturated carbocycles. The highest BCUT2D eigenvalue weighted by molar-refractivity contribution is 6.61. The van der Waals surface area contributed by atoms with Crippen molar-refractivity contribution in [3.63, 3.8) is 0 Å². The van der Waals surface area contributed by atoms with Crippen molar-refractivity contribution in [3.8, 4) is 0 Å². The smallest absolute Gasteiger partial charge is 0.501 e. The molecule has 1 unspecified atom stereocenters. The Morgan fingerprint density at radius 3 is 2.20 bits per heavy atom. The molecule has 0 spiro atoms. The molecule has 6 N–H and O–H groups in total. The summed E-state index contributed by atoms with van der Waals surface area (Å²) in [6.07, 6.45) is 6.48. The fourth-order valence-electron chi connectivity index (χ4n) is 1.59. The lowest BCUT2D eigenvalue weighted by Gasteiger charge is -2.32. The van der Waals surface area contributed by atoms with E-state index in [1.54, 1.807) is 0 Å². The second kappa shape index (κ2) is 9.27. The van der Waals surface area contributed by atoms with Crippen LogP contribution in [0.1, 0.15) is 34.1 Å². The van der Waals surface area contributed by atoms with Gasteiger partial charge in [0.2, 0.25) is 0 Å². The lowest BCUT2D eigenvalue weighted by Crippen LogP contribution is -2.63. The van der Waals surface area contributed by atoms with Crippen molar-refractivity contribution in [1.82, 2.24) is 0 Å². The molecule has 0 aromatic rings. The van der Waals surface area contributed by atoms with E-state index in [9.17, 15) is 0 Å². The molecule has 1 atom stereocenters. The Hall–Kier alpha value is -0.703. The largest absolute Gasteiger partial charge is 0.566 e. The molecular weight excluding hydrogens is 274 g/mol. The summed E-state index contributed by atoms with van der Waals surface area (Å²) in [7, 11) is -2.89. The highest BCUT2D eigenvalue weighted by Crippen LogP contribution is 2.22. The molecule has 0 amide bonds. The average Bonchev–Trinajstić information content (AvgIpc) is 2.36. The first kappa shape index (κ1) is 19.3. The van der Waals surface area contributed by atoms with Gasteiger partial charge in [0.05, 0.1) is 6.61 Å². The zero-order chi connectivity index (χ0) is 15.6. The fourth-order valence-corrected chi connectivity index (χ4v) is 4.25. The van der Waals surface area contributed by atoms with Crippen molar-refractivity contribution in [2.24, 2.45) is 17.2 Å². The second-order valence-corrected chi connectivity index (χ2v) is 7.21. The van der Waals surface area contributed by atoms with Crippen molar-refractivity contribution < 1.29 is 13.3 Å². The van der Waals surface area contributed by atoms with Crippen LogP contribution >= 0.6 is 0 Å². The maximum absolute atomic E-state index is 6.01. The Kier molecular flexibility index (Phi) is 8.95. The van der Waals surface area contributed by atoms with Gasteiger partial charge < -0.3 is 13.3 Å². The molecule has 0 radical (unpaired) electrons. The van der Waals surface area contributed by atoms with E-state index in [0.717, 1.165) is 6.42 Å². The summed E-state index contributed by atoms with van der Waals surface area (Å²) in [5.74, 6) is -0.693. The molecule has 20 heavy (non-hydrogen) atoms. The molecule has 6 nitrogen and oxygen atoms in total.